The summed E-state index contributed by atoms with van der Waals surface area (Å²) < 4.78 is 1.57. The van der Waals surface area contributed by atoms with E-state index >= 15 is 0 Å². The van der Waals surface area contributed by atoms with E-state index in [1.807, 2.05) is 4.90 Å². The van der Waals surface area contributed by atoms with Crippen LogP contribution in [0.3, 0.4) is 0 Å². The molecule has 3 rings (SSSR count). The number of carbonyl (C=O) groups excluding carboxylic acids is 1. The Morgan fingerprint density at radius 1 is 1.33 bits per heavy atom. The van der Waals surface area contributed by atoms with Crippen LogP contribution in [-0.4, -0.2) is 75.8 Å². The summed E-state index contributed by atoms with van der Waals surface area (Å²) in [6.07, 6.45) is 3.03. The third-order valence-corrected chi connectivity index (χ3v) is 3.65. The highest BCUT2D eigenvalue weighted by Crippen LogP contribution is 2.15. The van der Waals surface area contributed by atoms with Crippen LogP contribution in [-0.2, 0) is 11.3 Å². The van der Waals surface area contributed by atoms with Crippen molar-refractivity contribution in [3.63, 3.8) is 0 Å². The molecule has 0 radical (unpaired) electrons. The van der Waals surface area contributed by atoms with E-state index in [-0.39, 0.29) is 5.91 Å². The molecule has 0 saturated carbocycles. The molecule has 1 aromatic rings. The minimum Gasteiger partial charge on any atom is -0.338 e. The van der Waals surface area contributed by atoms with Crippen LogP contribution in [0.5, 0.6) is 0 Å². The number of amides is 1. The fourth-order valence-electron chi connectivity index (χ4n) is 2.49. The lowest BCUT2D eigenvalue weighted by atomic mass is 10.1. The number of hydrogen-bond acceptors (Lipinski definition) is 5. The van der Waals surface area contributed by atoms with Gasteiger partial charge in [-0.3, -0.25) is 9.69 Å². The maximum absolute atomic E-state index is 11.9. The van der Waals surface area contributed by atoms with Crippen LogP contribution in [0.25, 0.3) is 0 Å². The number of carbonyl (C=O) groups is 1. The Labute approximate surface area is 106 Å². The zero-order valence-corrected chi connectivity index (χ0v) is 10.3. The van der Waals surface area contributed by atoms with E-state index in [9.17, 15) is 4.79 Å². The highest BCUT2D eigenvalue weighted by Gasteiger charge is 2.34. The van der Waals surface area contributed by atoms with Crippen LogP contribution < -0.4 is 5.32 Å². The average Bonchev–Trinajstić information content (AvgIpc) is 2.81. The van der Waals surface area contributed by atoms with Crippen molar-refractivity contribution in [1.29, 1.82) is 0 Å². The molecule has 1 N–H and O–H groups in total. The number of nitrogens with one attached hydrogen (secondary N) is 1. The van der Waals surface area contributed by atoms with Crippen LogP contribution in [0, 0.1) is 0 Å². The van der Waals surface area contributed by atoms with E-state index in [0.717, 1.165) is 39.3 Å². The topological polar surface area (TPSA) is 66.3 Å². The Balaban J connectivity index is 1.45. The van der Waals surface area contributed by atoms with Gasteiger partial charge in [-0.15, -0.1) is 0 Å². The fourth-order valence-corrected chi connectivity index (χ4v) is 2.49. The van der Waals surface area contributed by atoms with Crippen molar-refractivity contribution >= 4 is 5.91 Å². The van der Waals surface area contributed by atoms with Crippen LogP contribution in [0.15, 0.2) is 12.7 Å². The summed E-state index contributed by atoms with van der Waals surface area (Å²) in [5.41, 5.74) is 0. The van der Waals surface area contributed by atoms with Crippen LogP contribution in [0.4, 0.5) is 0 Å². The van der Waals surface area contributed by atoms with E-state index in [1.54, 1.807) is 11.0 Å². The first-order valence-electron chi connectivity index (χ1n) is 6.38. The van der Waals surface area contributed by atoms with E-state index in [4.69, 9.17) is 0 Å². The molecule has 18 heavy (non-hydrogen) atoms. The lowest BCUT2D eigenvalue weighted by Crippen LogP contribution is -2.64. The monoisotopic (exact) mass is 250 g/mol. The van der Waals surface area contributed by atoms with E-state index in [2.05, 4.69) is 20.3 Å². The Morgan fingerprint density at radius 3 is 2.78 bits per heavy atom. The molecule has 3 heterocycles. The van der Waals surface area contributed by atoms with Gasteiger partial charge >= 0.3 is 0 Å². The maximum atomic E-state index is 11.9. The van der Waals surface area contributed by atoms with E-state index in [1.165, 1.54) is 6.33 Å². The molecule has 0 unspecified atom stereocenters. The zero-order chi connectivity index (χ0) is 12.4. The molecule has 1 amide bonds. The molecule has 7 heteroatoms. The van der Waals surface area contributed by atoms with Crippen LogP contribution in [0.1, 0.15) is 0 Å². The summed E-state index contributed by atoms with van der Waals surface area (Å²) in [7, 11) is 0. The summed E-state index contributed by atoms with van der Waals surface area (Å²) in [4.78, 5) is 20.1. The first-order chi connectivity index (χ1) is 8.83. The van der Waals surface area contributed by atoms with Crippen molar-refractivity contribution in [3.05, 3.63) is 12.7 Å². The zero-order valence-electron chi connectivity index (χ0n) is 10.3. The van der Waals surface area contributed by atoms with Crippen molar-refractivity contribution < 1.29 is 4.79 Å². The summed E-state index contributed by atoms with van der Waals surface area (Å²) in [5.74, 6) is 0.131. The minimum atomic E-state index is 0.131. The molecule has 2 fully saturated rings. The average molecular weight is 250 g/mol. The van der Waals surface area contributed by atoms with E-state index in [0.29, 0.717) is 12.6 Å². The standard InChI is InChI=1S/C11H18N6O/c18-11(7-17-9-13-8-14-17)16-5-10(6-16)15-3-1-12-2-4-15/h8-10,12H,1-7H2. The molecule has 2 aliphatic heterocycles. The van der Waals surface area contributed by atoms with Crippen molar-refractivity contribution in [1.82, 2.24) is 29.9 Å². The summed E-state index contributed by atoms with van der Waals surface area (Å²) in [6.45, 7) is 6.31. The molecule has 2 aliphatic rings. The largest absolute Gasteiger partial charge is 0.338 e. The summed E-state index contributed by atoms with van der Waals surface area (Å²) >= 11 is 0. The molecule has 1 aromatic heterocycles. The SMILES string of the molecule is O=C(Cn1cncn1)N1CC(N2CCNCC2)C1. The number of piperazine rings is 1. The van der Waals surface area contributed by atoms with Gasteiger partial charge in [-0.1, -0.05) is 0 Å². The number of nitrogens with zero attached hydrogens (tertiary/aromatic N) is 5. The number of aromatic nitrogens is 3. The van der Waals surface area contributed by atoms with Gasteiger partial charge in [-0.25, -0.2) is 9.67 Å². The normalized spacial score (nSPS) is 21.9. The van der Waals surface area contributed by atoms with Crippen molar-refractivity contribution in [2.24, 2.45) is 0 Å². The van der Waals surface area contributed by atoms with E-state index < -0.39 is 0 Å². The van der Waals surface area contributed by atoms with Gasteiger partial charge in [0.2, 0.25) is 5.91 Å². The van der Waals surface area contributed by atoms with Gasteiger partial charge in [0.05, 0.1) is 0 Å². The maximum Gasteiger partial charge on any atom is 0.244 e. The number of hydrogen-bond donors (Lipinski definition) is 1. The van der Waals surface area contributed by atoms with Gasteiger partial charge < -0.3 is 10.2 Å². The molecule has 2 saturated heterocycles. The molecule has 0 aromatic carbocycles. The predicted octanol–water partition coefficient (Wildman–Crippen LogP) is -1.61. The highest BCUT2D eigenvalue weighted by atomic mass is 16.2. The number of likely N-dealkylation sites (tertiary alicyclic amines) is 1. The van der Waals surface area contributed by atoms with Gasteiger partial charge in [0.15, 0.2) is 0 Å². The Morgan fingerprint density at radius 2 is 2.11 bits per heavy atom. The first kappa shape index (κ1) is 11.6. The fraction of sp³-hybridized carbons (Fsp3) is 0.727. The molecule has 0 atom stereocenters. The molecule has 0 aliphatic carbocycles. The first-order valence-corrected chi connectivity index (χ1v) is 6.38. The lowest BCUT2D eigenvalue weighted by molar-refractivity contribution is -0.139. The smallest absolute Gasteiger partial charge is 0.244 e. The number of rotatable bonds is 3. The molecular formula is C11H18N6O. The van der Waals surface area contributed by atoms with Crippen LogP contribution in [0.2, 0.25) is 0 Å². The van der Waals surface area contributed by atoms with Gasteiger partial charge in [-0.2, -0.15) is 5.10 Å². The van der Waals surface area contributed by atoms with Gasteiger partial charge in [-0.05, 0) is 0 Å². The lowest BCUT2D eigenvalue weighted by Gasteiger charge is -2.46. The minimum absolute atomic E-state index is 0.131. The van der Waals surface area contributed by atoms with Crippen LogP contribution >= 0.6 is 0 Å². The second-order valence-electron chi connectivity index (χ2n) is 4.83. The van der Waals surface area contributed by atoms with Gasteiger partial charge in [0.1, 0.15) is 19.2 Å². The van der Waals surface area contributed by atoms with Crippen molar-refractivity contribution in [3.8, 4) is 0 Å². The summed E-state index contributed by atoms with van der Waals surface area (Å²) in [6, 6.07) is 0.548. The quantitative estimate of drug-likeness (QED) is 0.699. The predicted molar refractivity (Wildman–Crippen MR) is 64.8 cm³/mol. The molecule has 0 bridgehead atoms. The second-order valence-corrected chi connectivity index (χ2v) is 4.83. The third-order valence-electron chi connectivity index (χ3n) is 3.65. The Kier molecular flexibility index (Phi) is 3.24. The third kappa shape index (κ3) is 2.37. The van der Waals surface area contributed by atoms with Gasteiger partial charge in [0, 0.05) is 45.3 Å². The molecule has 98 valence electrons. The molecule has 0 spiro atoms. The van der Waals surface area contributed by atoms with Crippen molar-refractivity contribution in [2.45, 2.75) is 12.6 Å². The highest BCUT2D eigenvalue weighted by molar-refractivity contribution is 5.76. The van der Waals surface area contributed by atoms with Crippen molar-refractivity contribution in [2.75, 3.05) is 39.3 Å². The second kappa shape index (κ2) is 5.03. The summed E-state index contributed by atoms with van der Waals surface area (Å²) in [5, 5.41) is 7.29. The Hall–Kier alpha value is -1.47. The van der Waals surface area contributed by atoms with Gasteiger partial charge in [0.25, 0.3) is 0 Å². The molecular weight excluding hydrogens is 232 g/mol. The molecule has 7 nitrogen and oxygen atoms in total. The Bertz CT molecular complexity index is 394.